The molecule has 1 amide bonds. The summed E-state index contributed by atoms with van der Waals surface area (Å²) in [4.78, 5) is 14.9. The van der Waals surface area contributed by atoms with Crippen LogP contribution in [-0.4, -0.2) is 38.8 Å². The normalized spacial score (nSPS) is 19.0. The molecule has 6 heteroatoms. The summed E-state index contributed by atoms with van der Waals surface area (Å²) < 4.78 is 1.80. The Hall–Kier alpha value is -2.63. The summed E-state index contributed by atoms with van der Waals surface area (Å²) in [5.74, 6) is -0.179. The van der Waals surface area contributed by atoms with Gasteiger partial charge in [-0.05, 0) is 57.0 Å². The van der Waals surface area contributed by atoms with Crippen molar-refractivity contribution in [1.29, 1.82) is 0 Å². The van der Waals surface area contributed by atoms with Crippen molar-refractivity contribution in [2.24, 2.45) is 0 Å². The SMILES string of the molecule is Cc1ccc([C@]2(O)CCN(C(=O)c3cc(-n4nc(C)cc4C)ccc3Cl)C2)cc1. The molecule has 150 valence electrons. The molecule has 0 radical (unpaired) electrons. The molecule has 2 heterocycles. The highest BCUT2D eigenvalue weighted by molar-refractivity contribution is 6.33. The first-order chi connectivity index (χ1) is 13.8. The molecule has 0 saturated carbocycles. The first kappa shape index (κ1) is 19.7. The average molecular weight is 410 g/mol. The number of β-amino-alcohol motifs (C(OH)–C–C–N with tert-alkyl or cyclic N) is 1. The Bertz CT molecular complexity index is 1070. The zero-order valence-electron chi connectivity index (χ0n) is 16.8. The third-order valence-electron chi connectivity index (χ3n) is 5.56. The third kappa shape index (κ3) is 3.68. The Morgan fingerprint density at radius 2 is 1.83 bits per heavy atom. The number of carbonyl (C=O) groups is 1. The Morgan fingerprint density at radius 3 is 2.48 bits per heavy atom. The van der Waals surface area contributed by atoms with Crippen LogP contribution in [0.5, 0.6) is 0 Å². The topological polar surface area (TPSA) is 58.4 Å². The van der Waals surface area contributed by atoms with E-state index in [1.165, 1.54) is 0 Å². The number of amides is 1. The number of rotatable bonds is 3. The highest BCUT2D eigenvalue weighted by atomic mass is 35.5. The standard InChI is InChI=1S/C23H24ClN3O2/c1-15-4-6-18(7-5-15)23(29)10-11-26(14-23)22(28)20-13-19(8-9-21(20)24)27-17(3)12-16(2)25-27/h4-9,12-13,29H,10-11,14H2,1-3H3/t23-/m0/s1. The highest BCUT2D eigenvalue weighted by Gasteiger charge is 2.40. The number of aromatic nitrogens is 2. The molecule has 1 N–H and O–H groups in total. The van der Waals surface area contributed by atoms with Crippen molar-refractivity contribution in [1.82, 2.24) is 14.7 Å². The zero-order chi connectivity index (χ0) is 20.8. The molecule has 0 spiro atoms. The summed E-state index contributed by atoms with van der Waals surface area (Å²) in [5, 5.41) is 16.0. The van der Waals surface area contributed by atoms with E-state index in [4.69, 9.17) is 11.6 Å². The van der Waals surface area contributed by atoms with Gasteiger partial charge in [0.15, 0.2) is 0 Å². The quantitative estimate of drug-likeness (QED) is 0.705. The van der Waals surface area contributed by atoms with Gasteiger partial charge in [0.2, 0.25) is 0 Å². The molecule has 29 heavy (non-hydrogen) atoms. The molecule has 1 fully saturated rings. The van der Waals surface area contributed by atoms with E-state index in [-0.39, 0.29) is 12.5 Å². The number of benzene rings is 2. The molecule has 1 aromatic heterocycles. The van der Waals surface area contributed by atoms with Gasteiger partial charge < -0.3 is 10.0 Å². The van der Waals surface area contributed by atoms with Crippen LogP contribution in [0.15, 0.2) is 48.5 Å². The van der Waals surface area contributed by atoms with Gasteiger partial charge >= 0.3 is 0 Å². The number of likely N-dealkylation sites (tertiary alicyclic amines) is 1. The van der Waals surface area contributed by atoms with Crippen molar-refractivity contribution in [3.8, 4) is 5.69 Å². The molecule has 1 saturated heterocycles. The molecular weight excluding hydrogens is 386 g/mol. The van der Waals surface area contributed by atoms with E-state index in [0.29, 0.717) is 23.6 Å². The Morgan fingerprint density at radius 1 is 1.10 bits per heavy atom. The first-order valence-corrected chi connectivity index (χ1v) is 10.1. The third-order valence-corrected chi connectivity index (χ3v) is 5.89. The van der Waals surface area contributed by atoms with E-state index >= 15 is 0 Å². The number of aliphatic hydroxyl groups is 1. The van der Waals surface area contributed by atoms with E-state index in [0.717, 1.165) is 28.2 Å². The van der Waals surface area contributed by atoms with Crippen LogP contribution >= 0.6 is 11.6 Å². The molecule has 0 unspecified atom stereocenters. The van der Waals surface area contributed by atoms with Crippen molar-refractivity contribution in [2.45, 2.75) is 32.8 Å². The van der Waals surface area contributed by atoms with Crippen LogP contribution in [0.2, 0.25) is 5.02 Å². The Kier molecular flexibility index (Phi) is 4.97. The average Bonchev–Trinajstić information content (AvgIpc) is 3.25. The van der Waals surface area contributed by atoms with Crippen molar-refractivity contribution >= 4 is 17.5 Å². The molecule has 3 aromatic rings. The number of aryl methyl sites for hydroxylation is 3. The van der Waals surface area contributed by atoms with Crippen LogP contribution in [0.25, 0.3) is 5.69 Å². The maximum atomic E-state index is 13.2. The second-order valence-corrected chi connectivity index (χ2v) is 8.28. The lowest BCUT2D eigenvalue weighted by Crippen LogP contribution is -2.34. The summed E-state index contributed by atoms with van der Waals surface area (Å²) in [6, 6.07) is 15.2. The molecule has 2 aromatic carbocycles. The van der Waals surface area contributed by atoms with Crippen LogP contribution in [0.3, 0.4) is 0 Å². The largest absolute Gasteiger partial charge is 0.383 e. The van der Waals surface area contributed by atoms with Gasteiger partial charge in [0.25, 0.3) is 5.91 Å². The lowest BCUT2D eigenvalue weighted by molar-refractivity contribution is 0.0417. The number of halogens is 1. The molecule has 1 atom stereocenters. The zero-order valence-corrected chi connectivity index (χ0v) is 17.6. The first-order valence-electron chi connectivity index (χ1n) is 9.69. The Labute approximate surface area is 175 Å². The second-order valence-electron chi connectivity index (χ2n) is 7.88. The maximum absolute atomic E-state index is 13.2. The van der Waals surface area contributed by atoms with E-state index in [1.54, 1.807) is 21.7 Å². The minimum absolute atomic E-state index is 0.179. The number of hydrogen-bond acceptors (Lipinski definition) is 3. The molecule has 0 bridgehead atoms. The van der Waals surface area contributed by atoms with Gasteiger partial charge in [0.05, 0.1) is 28.5 Å². The van der Waals surface area contributed by atoms with Gasteiger partial charge in [0, 0.05) is 12.2 Å². The number of hydrogen-bond donors (Lipinski definition) is 1. The second kappa shape index (κ2) is 7.32. The maximum Gasteiger partial charge on any atom is 0.255 e. The minimum atomic E-state index is -1.04. The number of carbonyl (C=O) groups excluding carboxylic acids is 1. The predicted octanol–water partition coefficient (Wildman–Crippen LogP) is 4.18. The lowest BCUT2D eigenvalue weighted by atomic mass is 9.92. The van der Waals surface area contributed by atoms with E-state index < -0.39 is 5.60 Å². The summed E-state index contributed by atoms with van der Waals surface area (Å²) >= 11 is 6.37. The van der Waals surface area contributed by atoms with Crippen LogP contribution in [0.4, 0.5) is 0 Å². The molecule has 5 nitrogen and oxygen atoms in total. The summed E-state index contributed by atoms with van der Waals surface area (Å²) in [7, 11) is 0. The molecule has 1 aliphatic rings. The van der Waals surface area contributed by atoms with Gasteiger partial charge in [0.1, 0.15) is 5.60 Å². The van der Waals surface area contributed by atoms with E-state index in [9.17, 15) is 9.90 Å². The van der Waals surface area contributed by atoms with Gasteiger partial charge in [-0.3, -0.25) is 4.79 Å². The number of nitrogens with zero attached hydrogens (tertiary/aromatic N) is 3. The van der Waals surface area contributed by atoms with Gasteiger partial charge in [-0.2, -0.15) is 5.10 Å². The van der Waals surface area contributed by atoms with Gasteiger partial charge in [-0.25, -0.2) is 4.68 Å². The van der Waals surface area contributed by atoms with E-state index in [2.05, 4.69) is 5.10 Å². The fraction of sp³-hybridized carbons (Fsp3) is 0.304. The van der Waals surface area contributed by atoms with Crippen molar-refractivity contribution in [2.75, 3.05) is 13.1 Å². The Balaban J connectivity index is 1.61. The van der Waals surface area contributed by atoms with Gasteiger partial charge in [-0.15, -0.1) is 0 Å². The predicted molar refractivity (Wildman–Crippen MR) is 114 cm³/mol. The molecule has 4 rings (SSSR count). The summed E-state index contributed by atoms with van der Waals surface area (Å²) in [5.41, 5.74) is 4.03. The molecule has 1 aliphatic heterocycles. The monoisotopic (exact) mass is 409 g/mol. The summed E-state index contributed by atoms with van der Waals surface area (Å²) in [6.45, 7) is 6.63. The van der Waals surface area contributed by atoms with Gasteiger partial charge in [-0.1, -0.05) is 41.4 Å². The van der Waals surface area contributed by atoms with Crippen LogP contribution < -0.4 is 0 Å². The highest BCUT2D eigenvalue weighted by Crippen LogP contribution is 2.34. The van der Waals surface area contributed by atoms with Crippen LogP contribution in [-0.2, 0) is 5.60 Å². The van der Waals surface area contributed by atoms with Crippen LogP contribution in [0, 0.1) is 20.8 Å². The van der Waals surface area contributed by atoms with E-state index in [1.807, 2.05) is 57.2 Å². The van der Waals surface area contributed by atoms with Crippen molar-refractivity contribution in [3.05, 3.63) is 81.6 Å². The summed E-state index contributed by atoms with van der Waals surface area (Å²) in [6.07, 6.45) is 0.497. The van der Waals surface area contributed by atoms with Crippen LogP contribution in [0.1, 0.15) is 39.3 Å². The fourth-order valence-corrected chi connectivity index (χ4v) is 4.13. The smallest absolute Gasteiger partial charge is 0.255 e. The minimum Gasteiger partial charge on any atom is -0.383 e. The molecule has 0 aliphatic carbocycles. The van der Waals surface area contributed by atoms with Crippen molar-refractivity contribution in [3.63, 3.8) is 0 Å². The fourth-order valence-electron chi connectivity index (χ4n) is 3.94. The van der Waals surface area contributed by atoms with Crippen molar-refractivity contribution < 1.29 is 9.90 Å². The lowest BCUT2D eigenvalue weighted by Gasteiger charge is -2.24. The molecular formula is C23H24ClN3O2.